The molecule has 0 aliphatic rings. The lowest BCUT2D eigenvalue weighted by Crippen LogP contribution is -2.24. The van der Waals surface area contributed by atoms with E-state index >= 15 is 0 Å². The molecule has 0 unspecified atom stereocenters. The summed E-state index contributed by atoms with van der Waals surface area (Å²) in [6, 6.07) is 7.91. The minimum Gasteiger partial charge on any atom is -0.456 e. The first kappa shape index (κ1) is 20.2. The van der Waals surface area contributed by atoms with Gasteiger partial charge in [0.1, 0.15) is 23.4 Å². The fourth-order valence-electron chi connectivity index (χ4n) is 2.36. The summed E-state index contributed by atoms with van der Waals surface area (Å²) in [6.07, 6.45) is -0.197. The molecule has 140 valence electrons. The normalized spacial score (nSPS) is 11.5. The fourth-order valence-corrected chi connectivity index (χ4v) is 3.42. The van der Waals surface area contributed by atoms with Gasteiger partial charge in [-0.3, -0.25) is 0 Å². The molecule has 0 saturated carbocycles. The maximum absolute atomic E-state index is 13.5. The van der Waals surface area contributed by atoms with E-state index in [2.05, 4.69) is 0 Å². The van der Waals surface area contributed by atoms with E-state index in [-0.39, 0.29) is 29.0 Å². The van der Waals surface area contributed by atoms with Crippen molar-refractivity contribution in [2.75, 3.05) is 0 Å². The molecule has 0 aliphatic carbocycles. The molecular weight excluding hydrogens is 388 g/mol. The fraction of sp³-hybridized carbons (Fsp3) is 0.176. The van der Waals surface area contributed by atoms with Crippen LogP contribution in [0.2, 0.25) is 0 Å². The zero-order chi connectivity index (χ0) is 20.4. The molecular formula is C17H10F4N2O3S. The highest BCUT2D eigenvalue weighted by molar-refractivity contribution is 7.92. The zero-order valence-electron chi connectivity index (χ0n) is 13.6. The minimum absolute atomic E-state index is 0.0736. The Bertz CT molecular complexity index is 1080. The molecule has 0 radical (unpaired) electrons. The summed E-state index contributed by atoms with van der Waals surface area (Å²) >= 11 is 0. The van der Waals surface area contributed by atoms with E-state index < -0.39 is 31.6 Å². The van der Waals surface area contributed by atoms with Crippen molar-refractivity contribution in [3.63, 3.8) is 0 Å². The van der Waals surface area contributed by atoms with Crippen molar-refractivity contribution in [1.29, 1.82) is 10.5 Å². The van der Waals surface area contributed by atoms with Gasteiger partial charge in [0.25, 0.3) is 9.84 Å². The summed E-state index contributed by atoms with van der Waals surface area (Å²) in [6.45, 7) is 1.38. The topological polar surface area (TPSA) is 90.9 Å². The first-order valence-corrected chi connectivity index (χ1v) is 8.79. The van der Waals surface area contributed by atoms with Crippen LogP contribution in [-0.2, 0) is 16.3 Å². The molecule has 0 heterocycles. The average molecular weight is 398 g/mol. The Balaban J connectivity index is 2.64. The molecule has 0 aromatic heterocycles. The highest BCUT2D eigenvalue weighted by atomic mass is 32.2. The van der Waals surface area contributed by atoms with E-state index in [9.17, 15) is 31.2 Å². The van der Waals surface area contributed by atoms with E-state index in [0.29, 0.717) is 6.07 Å². The third kappa shape index (κ3) is 3.86. The summed E-state index contributed by atoms with van der Waals surface area (Å²) in [5.41, 5.74) is -6.40. The number of sulfone groups is 1. The molecule has 0 aliphatic heterocycles. The summed E-state index contributed by atoms with van der Waals surface area (Å²) in [5.74, 6) is -1.23. The third-order valence-corrected chi connectivity index (χ3v) is 5.09. The largest absolute Gasteiger partial charge is 0.501 e. The van der Waals surface area contributed by atoms with E-state index in [1.165, 1.54) is 6.92 Å². The number of alkyl halides is 3. The number of nitriles is 2. The molecule has 27 heavy (non-hydrogen) atoms. The SMILES string of the molecule is CCc1c(S(=O)(=O)C(F)(F)F)ccc(Oc2cc(F)cc(C#N)c2)c1C#N. The Labute approximate surface area is 151 Å². The molecule has 2 aromatic carbocycles. The van der Waals surface area contributed by atoms with E-state index in [4.69, 9.17) is 10.00 Å². The lowest BCUT2D eigenvalue weighted by atomic mass is 10.1. The second-order valence-corrected chi connectivity index (χ2v) is 7.13. The van der Waals surface area contributed by atoms with Crippen LogP contribution in [0.5, 0.6) is 11.5 Å². The maximum Gasteiger partial charge on any atom is 0.501 e. The number of nitrogens with zero attached hydrogens (tertiary/aromatic N) is 2. The van der Waals surface area contributed by atoms with Crippen LogP contribution in [-0.4, -0.2) is 13.9 Å². The molecule has 0 spiro atoms. The number of benzene rings is 2. The van der Waals surface area contributed by atoms with Crippen LogP contribution in [0.1, 0.15) is 23.6 Å². The van der Waals surface area contributed by atoms with Gasteiger partial charge in [-0.15, -0.1) is 0 Å². The van der Waals surface area contributed by atoms with Crippen LogP contribution in [0, 0.1) is 28.5 Å². The van der Waals surface area contributed by atoms with Crippen LogP contribution in [0.15, 0.2) is 35.2 Å². The number of halogens is 4. The number of hydrogen-bond donors (Lipinski definition) is 0. The molecule has 0 amide bonds. The quantitative estimate of drug-likeness (QED) is 0.720. The highest BCUT2D eigenvalue weighted by Gasteiger charge is 2.48. The zero-order valence-corrected chi connectivity index (χ0v) is 14.4. The lowest BCUT2D eigenvalue weighted by molar-refractivity contribution is -0.0436. The first-order valence-electron chi connectivity index (χ1n) is 7.31. The van der Waals surface area contributed by atoms with Crippen molar-refractivity contribution in [2.45, 2.75) is 23.7 Å². The molecule has 0 fully saturated rings. The summed E-state index contributed by atoms with van der Waals surface area (Å²) in [5, 5.41) is 18.2. The van der Waals surface area contributed by atoms with Crippen molar-refractivity contribution in [3.05, 3.63) is 52.8 Å². The van der Waals surface area contributed by atoms with Crippen molar-refractivity contribution in [2.24, 2.45) is 0 Å². The van der Waals surface area contributed by atoms with Crippen LogP contribution in [0.4, 0.5) is 17.6 Å². The van der Waals surface area contributed by atoms with Gasteiger partial charge in [-0.2, -0.15) is 23.7 Å². The number of hydrogen-bond acceptors (Lipinski definition) is 5. The standard InChI is InChI=1S/C17H10F4N2O3S/c1-2-13-14(9-23)15(3-4-16(13)27(24,25)17(19,20)21)26-12-6-10(8-22)5-11(18)7-12/h3-7H,2H2,1H3. The van der Waals surface area contributed by atoms with E-state index in [0.717, 1.165) is 24.3 Å². The summed E-state index contributed by atoms with van der Waals surface area (Å²) < 4.78 is 80.9. The van der Waals surface area contributed by atoms with Crippen molar-refractivity contribution < 1.29 is 30.7 Å². The minimum atomic E-state index is -5.67. The molecule has 0 saturated heterocycles. The van der Waals surface area contributed by atoms with Gasteiger partial charge in [0, 0.05) is 6.07 Å². The second kappa shape index (κ2) is 7.25. The smallest absolute Gasteiger partial charge is 0.456 e. The molecule has 2 aromatic rings. The van der Waals surface area contributed by atoms with Gasteiger partial charge in [-0.05, 0) is 36.2 Å². The Morgan fingerprint density at radius 1 is 1.11 bits per heavy atom. The molecule has 2 rings (SSSR count). The third-order valence-electron chi connectivity index (χ3n) is 3.52. The average Bonchev–Trinajstić information content (AvgIpc) is 2.59. The van der Waals surface area contributed by atoms with Crippen molar-refractivity contribution in [3.8, 4) is 23.6 Å². The number of ether oxygens (including phenoxy) is 1. The Morgan fingerprint density at radius 3 is 2.30 bits per heavy atom. The van der Waals surface area contributed by atoms with Gasteiger partial charge >= 0.3 is 5.51 Å². The second-order valence-electron chi connectivity index (χ2n) is 5.22. The van der Waals surface area contributed by atoms with Gasteiger partial charge in [0.15, 0.2) is 0 Å². The predicted molar refractivity (Wildman–Crippen MR) is 85.0 cm³/mol. The lowest BCUT2D eigenvalue weighted by Gasteiger charge is -2.16. The van der Waals surface area contributed by atoms with E-state index in [1.807, 2.05) is 0 Å². The molecule has 0 atom stereocenters. The Hall–Kier alpha value is -3.11. The summed E-state index contributed by atoms with van der Waals surface area (Å²) in [7, 11) is -5.67. The van der Waals surface area contributed by atoms with Gasteiger partial charge in [-0.1, -0.05) is 6.92 Å². The van der Waals surface area contributed by atoms with Crippen LogP contribution >= 0.6 is 0 Å². The molecule has 0 N–H and O–H groups in total. The Kier molecular flexibility index (Phi) is 5.43. The Morgan fingerprint density at radius 2 is 1.78 bits per heavy atom. The molecule has 5 nitrogen and oxygen atoms in total. The van der Waals surface area contributed by atoms with Gasteiger partial charge in [0.05, 0.1) is 22.1 Å². The molecule has 0 bridgehead atoms. The maximum atomic E-state index is 13.5. The van der Waals surface area contributed by atoms with Gasteiger partial charge < -0.3 is 4.74 Å². The monoisotopic (exact) mass is 398 g/mol. The van der Waals surface area contributed by atoms with Gasteiger partial charge in [-0.25, -0.2) is 12.8 Å². The number of rotatable bonds is 4. The van der Waals surface area contributed by atoms with Crippen molar-refractivity contribution in [1.82, 2.24) is 0 Å². The van der Waals surface area contributed by atoms with Gasteiger partial charge in [0.2, 0.25) is 0 Å². The molecule has 10 heteroatoms. The van der Waals surface area contributed by atoms with Crippen LogP contribution < -0.4 is 4.74 Å². The predicted octanol–water partition coefficient (Wildman–Crippen LogP) is 4.22. The summed E-state index contributed by atoms with van der Waals surface area (Å²) in [4.78, 5) is -1.04. The first-order chi connectivity index (χ1) is 12.5. The van der Waals surface area contributed by atoms with Crippen LogP contribution in [0.25, 0.3) is 0 Å². The highest BCUT2D eigenvalue weighted by Crippen LogP contribution is 2.37. The van der Waals surface area contributed by atoms with Crippen molar-refractivity contribution >= 4 is 9.84 Å². The van der Waals surface area contributed by atoms with E-state index in [1.54, 1.807) is 12.1 Å². The van der Waals surface area contributed by atoms with Crippen LogP contribution in [0.3, 0.4) is 0 Å².